The minimum atomic E-state index is -0.335. The molecule has 1 atom stereocenters. The van der Waals surface area contributed by atoms with Crippen molar-refractivity contribution in [3.8, 4) is 11.5 Å². The predicted octanol–water partition coefficient (Wildman–Crippen LogP) is 1.89. The number of nitrogens with zero attached hydrogens (tertiary/aromatic N) is 2. The Kier molecular flexibility index (Phi) is 5.21. The number of rotatable bonds is 7. The molecule has 2 heterocycles. The van der Waals surface area contributed by atoms with Crippen LogP contribution in [0.3, 0.4) is 0 Å². The Morgan fingerprint density at radius 2 is 2.00 bits per heavy atom. The van der Waals surface area contributed by atoms with Gasteiger partial charge in [-0.1, -0.05) is 18.2 Å². The number of likely N-dealkylation sites (tertiary alicyclic amines) is 1. The average Bonchev–Trinajstić information content (AvgIpc) is 3.20. The van der Waals surface area contributed by atoms with Crippen LogP contribution in [0.25, 0.3) is 11.5 Å². The molecule has 1 aromatic heterocycles. The van der Waals surface area contributed by atoms with Crippen molar-refractivity contribution in [1.29, 1.82) is 0 Å². The monoisotopic (exact) mass is 301 g/mol. The van der Waals surface area contributed by atoms with Crippen LogP contribution in [0.5, 0.6) is 0 Å². The molecule has 5 heteroatoms. The van der Waals surface area contributed by atoms with Crippen molar-refractivity contribution >= 4 is 0 Å². The Morgan fingerprint density at radius 3 is 2.77 bits per heavy atom. The fraction of sp³-hybridized carbons (Fsp3) is 0.471. The summed E-state index contributed by atoms with van der Waals surface area (Å²) in [5, 5.41) is 13.3. The van der Waals surface area contributed by atoms with E-state index in [0.29, 0.717) is 19.0 Å². The van der Waals surface area contributed by atoms with Crippen LogP contribution in [0, 0.1) is 0 Å². The van der Waals surface area contributed by atoms with Gasteiger partial charge in [0.15, 0.2) is 0 Å². The maximum absolute atomic E-state index is 10.0. The summed E-state index contributed by atoms with van der Waals surface area (Å²) in [5.74, 6) is 0.634. The van der Waals surface area contributed by atoms with Crippen LogP contribution in [0.1, 0.15) is 18.5 Å². The molecule has 3 rings (SSSR count). The van der Waals surface area contributed by atoms with Crippen molar-refractivity contribution in [1.82, 2.24) is 15.2 Å². The van der Waals surface area contributed by atoms with Gasteiger partial charge in [0.25, 0.3) is 0 Å². The van der Waals surface area contributed by atoms with Gasteiger partial charge in [-0.15, -0.1) is 0 Å². The van der Waals surface area contributed by atoms with Crippen LogP contribution in [-0.4, -0.2) is 47.3 Å². The smallest absolute Gasteiger partial charge is 0.226 e. The maximum Gasteiger partial charge on any atom is 0.226 e. The van der Waals surface area contributed by atoms with Gasteiger partial charge in [0.2, 0.25) is 5.89 Å². The van der Waals surface area contributed by atoms with E-state index in [2.05, 4.69) is 15.2 Å². The van der Waals surface area contributed by atoms with Crippen molar-refractivity contribution in [3.63, 3.8) is 0 Å². The number of hydrogen-bond acceptors (Lipinski definition) is 5. The first kappa shape index (κ1) is 15.2. The molecular weight excluding hydrogens is 278 g/mol. The lowest BCUT2D eigenvalue weighted by Gasteiger charge is -2.19. The van der Waals surface area contributed by atoms with E-state index in [4.69, 9.17) is 4.42 Å². The molecule has 118 valence electrons. The third-order valence-electron chi connectivity index (χ3n) is 3.93. The zero-order chi connectivity index (χ0) is 15.2. The van der Waals surface area contributed by atoms with Gasteiger partial charge >= 0.3 is 0 Å². The van der Waals surface area contributed by atoms with Crippen molar-refractivity contribution in [2.75, 3.05) is 26.2 Å². The second-order valence-electron chi connectivity index (χ2n) is 5.80. The third-order valence-corrected chi connectivity index (χ3v) is 3.93. The van der Waals surface area contributed by atoms with Crippen molar-refractivity contribution in [3.05, 3.63) is 42.3 Å². The van der Waals surface area contributed by atoms with E-state index in [9.17, 15) is 5.11 Å². The number of aromatic nitrogens is 1. The van der Waals surface area contributed by atoms with E-state index in [-0.39, 0.29) is 6.10 Å². The molecule has 2 N–H and O–H groups in total. The Hall–Kier alpha value is -1.69. The first-order valence-corrected chi connectivity index (χ1v) is 7.92. The van der Waals surface area contributed by atoms with Crippen LogP contribution in [0.4, 0.5) is 0 Å². The maximum atomic E-state index is 10.0. The summed E-state index contributed by atoms with van der Waals surface area (Å²) in [7, 11) is 0. The van der Waals surface area contributed by atoms with E-state index in [1.54, 1.807) is 6.26 Å². The molecule has 1 saturated heterocycles. The summed E-state index contributed by atoms with van der Waals surface area (Å²) < 4.78 is 5.49. The van der Waals surface area contributed by atoms with Gasteiger partial charge in [-0.2, -0.15) is 0 Å². The molecule has 1 fully saturated rings. The number of benzene rings is 1. The average molecular weight is 301 g/mol. The van der Waals surface area contributed by atoms with Crippen LogP contribution in [-0.2, 0) is 6.54 Å². The minimum absolute atomic E-state index is 0.335. The predicted molar refractivity (Wildman–Crippen MR) is 85.3 cm³/mol. The molecule has 1 unspecified atom stereocenters. The molecule has 1 aliphatic heterocycles. The highest BCUT2D eigenvalue weighted by molar-refractivity contribution is 5.52. The lowest BCUT2D eigenvalue weighted by atomic mass is 10.2. The highest BCUT2D eigenvalue weighted by Crippen LogP contribution is 2.17. The van der Waals surface area contributed by atoms with Gasteiger partial charge in [0.05, 0.1) is 11.8 Å². The summed E-state index contributed by atoms with van der Waals surface area (Å²) in [6.45, 7) is 4.15. The van der Waals surface area contributed by atoms with Gasteiger partial charge < -0.3 is 19.7 Å². The number of β-amino-alcohol motifs (C(OH)–C–C–N with tert-alkyl or cyclic N) is 1. The molecule has 0 spiro atoms. The first-order chi connectivity index (χ1) is 10.8. The van der Waals surface area contributed by atoms with E-state index >= 15 is 0 Å². The van der Waals surface area contributed by atoms with Crippen molar-refractivity contribution in [2.24, 2.45) is 0 Å². The third kappa shape index (κ3) is 4.16. The molecule has 1 aromatic carbocycles. The van der Waals surface area contributed by atoms with Gasteiger partial charge in [0.1, 0.15) is 6.26 Å². The van der Waals surface area contributed by atoms with Crippen molar-refractivity contribution in [2.45, 2.75) is 25.5 Å². The fourth-order valence-corrected chi connectivity index (χ4v) is 2.80. The van der Waals surface area contributed by atoms with Crippen LogP contribution >= 0.6 is 0 Å². The molecule has 0 radical (unpaired) electrons. The lowest BCUT2D eigenvalue weighted by Crippen LogP contribution is -2.36. The van der Waals surface area contributed by atoms with E-state index < -0.39 is 0 Å². The highest BCUT2D eigenvalue weighted by atomic mass is 16.3. The molecule has 0 amide bonds. The number of nitrogens with one attached hydrogen (secondary N) is 1. The summed E-state index contributed by atoms with van der Waals surface area (Å²) >= 11 is 0. The number of aliphatic hydroxyl groups is 1. The van der Waals surface area contributed by atoms with Crippen molar-refractivity contribution < 1.29 is 9.52 Å². The molecule has 0 saturated carbocycles. The Bertz CT molecular complexity index is 564. The van der Waals surface area contributed by atoms with Crippen LogP contribution in [0.2, 0.25) is 0 Å². The van der Waals surface area contributed by atoms with E-state index in [1.807, 2.05) is 30.3 Å². The van der Waals surface area contributed by atoms with E-state index in [1.165, 1.54) is 12.8 Å². The second-order valence-corrected chi connectivity index (χ2v) is 5.80. The highest BCUT2D eigenvalue weighted by Gasteiger charge is 2.15. The zero-order valence-corrected chi connectivity index (χ0v) is 12.7. The summed E-state index contributed by atoms with van der Waals surface area (Å²) in [4.78, 5) is 6.77. The summed E-state index contributed by atoms with van der Waals surface area (Å²) in [6, 6.07) is 9.85. The lowest BCUT2D eigenvalue weighted by molar-refractivity contribution is 0.123. The van der Waals surface area contributed by atoms with Gasteiger partial charge in [-0.05, 0) is 38.1 Å². The topological polar surface area (TPSA) is 61.5 Å². The molecule has 5 nitrogen and oxygen atoms in total. The normalized spacial score (nSPS) is 17.0. The quantitative estimate of drug-likeness (QED) is 0.818. The number of hydrogen-bond donors (Lipinski definition) is 2. The largest absolute Gasteiger partial charge is 0.444 e. The Labute approximate surface area is 131 Å². The van der Waals surface area contributed by atoms with Crippen LogP contribution < -0.4 is 5.32 Å². The van der Waals surface area contributed by atoms with Gasteiger partial charge in [-0.3, -0.25) is 0 Å². The first-order valence-electron chi connectivity index (χ1n) is 7.92. The molecule has 0 bridgehead atoms. The fourth-order valence-electron chi connectivity index (χ4n) is 2.80. The van der Waals surface area contributed by atoms with Gasteiger partial charge in [0, 0.05) is 25.2 Å². The minimum Gasteiger partial charge on any atom is -0.444 e. The molecule has 22 heavy (non-hydrogen) atoms. The second kappa shape index (κ2) is 7.54. The summed E-state index contributed by atoms with van der Waals surface area (Å²) in [5.41, 5.74) is 1.83. The van der Waals surface area contributed by atoms with Crippen LogP contribution in [0.15, 0.2) is 41.0 Å². The van der Waals surface area contributed by atoms with Gasteiger partial charge in [-0.25, -0.2) is 4.98 Å². The summed E-state index contributed by atoms with van der Waals surface area (Å²) in [6.07, 6.45) is 3.84. The Morgan fingerprint density at radius 1 is 1.23 bits per heavy atom. The molecular formula is C17H23N3O2. The number of aliphatic hydroxyl groups excluding tert-OH is 1. The molecule has 1 aliphatic rings. The molecule has 2 aromatic rings. The SMILES string of the molecule is OC(CNCc1coc(-c2ccccc2)n1)CN1CCCC1. The zero-order valence-electron chi connectivity index (χ0n) is 12.7. The standard InChI is InChI=1S/C17H23N3O2/c21-16(12-20-8-4-5-9-20)11-18-10-15-13-22-17(19-15)14-6-2-1-3-7-14/h1-3,6-7,13,16,18,21H,4-5,8-12H2. The molecule has 0 aliphatic carbocycles. The Balaban J connectivity index is 1.43. The number of oxazole rings is 1. The van der Waals surface area contributed by atoms with E-state index in [0.717, 1.165) is 30.9 Å².